The highest BCUT2D eigenvalue weighted by molar-refractivity contribution is 5.76. The van der Waals surface area contributed by atoms with Gasteiger partial charge in [0.25, 0.3) is 0 Å². The normalized spacial score (nSPS) is 10.7. The molecular weight excluding hydrogens is 354 g/mol. The maximum Gasteiger partial charge on any atom is 0.227 e. The predicted octanol–water partition coefficient (Wildman–Crippen LogP) is 3.18. The first-order chi connectivity index (χ1) is 13.6. The number of rotatable bonds is 8. The molecular formula is C21H25N5O2. The van der Waals surface area contributed by atoms with E-state index in [-0.39, 0.29) is 5.91 Å². The summed E-state index contributed by atoms with van der Waals surface area (Å²) in [6, 6.07) is 13.8. The smallest absolute Gasteiger partial charge is 0.227 e. The first-order valence-electron chi connectivity index (χ1n) is 9.35. The Balaban J connectivity index is 1.56. The number of pyridine rings is 1. The van der Waals surface area contributed by atoms with Crippen LogP contribution in [0.25, 0.3) is 11.5 Å². The standard InChI is InChI=1S/C21H25N5O2/c1-4-26(15-16-8-10-17(11-9-16)25(2)3)20(27)13-12-19-23-21(24-28-19)18-7-5-6-14-22-18/h5-11,14H,4,12-13,15H2,1-3H3. The van der Waals surface area contributed by atoms with E-state index in [0.29, 0.717) is 43.3 Å². The van der Waals surface area contributed by atoms with Gasteiger partial charge in [-0.05, 0) is 36.8 Å². The average molecular weight is 379 g/mol. The number of aromatic nitrogens is 3. The van der Waals surface area contributed by atoms with E-state index in [2.05, 4.69) is 44.3 Å². The number of anilines is 1. The summed E-state index contributed by atoms with van der Waals surface area (Å²) in [5.41, 5.74) is 2.90. The average Bonchev–Trinajstić information content (AvgIpc) is 3.20. The van der Waals surface area contributed by atoms with Crippen molar-refractivity contribution in [3.8, 4) is 11.5 Å². The van der Waals surface area contributed by atoms with Crippen molar-refractivity contribution >= 4 is 11.6 Å². The van der Waals surface area contributed by atoms with Crippen molar-refractivity contribution in [2.75, 3.05) is 25.5 Å². The van der Waals surface area contributed by atoms with E-state index in [1.807, 2.05) is 44.1 Å². The highest BCUT2D eigenvalue weighted by Crippen LogP contribution is 2.16. The van der Waals surface area contributed by atoms with Gasteiger partial charge in [0.1, 0.15) is 5.69 Å². The summed E-state index contributed by atoms with van der Waals surface area (Å²) in [4.78, 5) is 25.0. The van der Waals surface area contributed by atoms with Crippen LogP contribution < -0.4 is 4.90 Å². The first kappa shape index (κ1) is 19.5. The minimum atomic E-state index is 0.0665. The van der Waals surface area contributed by atoms with Gasteiger partial charge in [-0.15, -0.1) is 0 Å². The van der Waals surface area contributed by atoms with E-state index < -0.39 is 0 Å². The Morgan fingerprint density at radius 2 is 1.89 bits per heavy atom. The molecule has 2 aromatic heterocycles. The molecule has 0 fully saturated rings. The second-order valence-corrected chi connectivity index (χ2v) is 6.70. The molecule has 0 atom stereocenters. The van der Waals surface area contributed by atoms with Gasteiger partial charge in [-0.1, -0.05) is 23.4 Å². The zero-order valence-electron chi connectivity index (χ0n) is 16.5. The molecule has 7 heteroatoms. The molecule has 0 spiro atoms. The molecule has 1 aromatic carbocycles. The minimum Gasteiger partial charge on any atom is -0.378 e. The Bertz CT molecular complexity index is 891. The Morgan fingerprint density at radius 3 is 2.54 bits per heavy atom. The lowest BCUT2D eigenvalue weighted by Crippen LogP contribution is -2.30. The number of carbonyl (C=O) groups excluding carboxylic acids is 1. The van der Waals surface area contributed by atoms with E-state index in [4.69, 9.17) is 4.52 Å². The molecule has 0 saturated heterocycles. The lowest BCUT2D eigenvalue weighted by Gasteiger charge is -2.21. The van der Waals surface area contributed by atoms with Crippen molar-refractivity contribution in [2.45, 2.75) is 26.3 Å². The van der Waals surface area contributed by atoms with Gasteiger partial charge in [0, 0.05) is 51.9 Å². The number of amides is 1. The van der Waals surface area contributed by atoms with Crippen molar-refractivity contribution in [1.82, 2.24) is 20.0 Å². The molecule has 146 valence electrons. The highest BCUT2D eigenvalue weighted by Gasteiger charge is 2.15. The number of hydrogen-bond acceptors (Lipinski definition) is 6. The molecule has 0 N–H and O–H groups in total. The van der Waals surface area contributed by atoms with Crippen LogP contribution in [0.3, 0.4) is 0 Å². The molecule has 3 aromatic rings. The van der Waals surface area contributed by atoms with Gasteiger partial charge in [-0.2, -0.15) is 4.98 Å². The minimum absolute atomic E-state index is 0.0665. The van der Waals surface area contributed by atoms with Gasteiger partial charge in [-0.3, -0.25) is 9.78 Å². The number of carbonyl (C=O) groups is 1. The molecule has 3 rings (SSSR count). The highest BCUT2D eigenvalue weighted by atomic mass is 16.5. The van der Waals surface area contributed by atoms with Gasteiger partial charge in [0.05, 0.1) is 0 Å². The number of benzene rings is 1. The third-order valence-electron chi connectivity index (χ3n) is 4.48. The van der Waals surface area contributed by atoms with Crippen molar-refractivity contribution in [2.24, 2.45) is 0 Å². The SMILES string of the molecule is CCN(Cc1ccc(N(C)C)cc1)C(=O)CCc1nc(-c2ccccn2)no1. The fourth-order valence-electron chi connectivity index (χ4n) is 2.82. The monoisotopic (exact) mass is 379 g/mol. The van der Waals surface area contributed by atoms with Crippen LogP contribution in [0.1, 0.15) is 24.8 Å². The molecule has 0 aliphatic carbocycles. The van der Waals surface area contributed by atoms with E-state index in [9.17, 15) is 4.79 Å². The molecule has 0 unspecified atom stereocenters. The van der Waals surface area contributed by atoms with Crippen molar-refractivity contribution < 1.29 is 9.32 Å². The van der Waals surface area contributed by atoms with Crippen LogP contribution in [0.5, 0.6) is 0 Å². The summed E-state index contributed by atoms with van der Waals surface area (Å²) in [6.45, 7) is 3.22. The number of nitrogens with zero attached hydrogens (tertiary/aromatic N) is 5. The molecule has 0 radical (unpaired) electrons. The van der Waals surface area contributed by atoms with E-state index >= 15 is 0 Å². The zero-order chi connectivity index (χ0) is 19.9. The van der Waals surface area contributed by atoms with Gasteiger partial charge in [-0.25, -0.2) is 0 Å². The van der Waals surface area contributed by atoms with E-state index in [1.54, 1.807) is 6.20 Å². The second kappa shape index (κ2) is 9.12. The molecule has 7 nitrogen and oxygen atoms in total. The summed E-state index contributed by atoms with van der Waals surface area (Å²) in [6.07, 6.45) is 2.42. The largest absolute Gasteiger partial charge is 0.378 e. The molecule has 2 heterocycles. The van der Waals surface area contributed by atoms with E-state index in [0.717, 1.165) is 11.3 Å². The Labute approximate surface area is 165 Å². The number of aryl methyl sites for hydroxylation is 1. The number of hydrogen-bond donors (Lipinski definition) is 0. The lowest BCUT2D eigenvalue weighted by atomic mass is 10.1. The maximum atomic E-state index is 12.6. The summed E-state index contributed by atoms with van der Waals surface area (Å²) in [5.74, 6) is 0.952. The van der Waals surface area contributed by atoms with Crippen LogP contribution >= 0.6 is 0 Å². The fourth-order valence-corrected chi connectivity index (χ4v) is 2.82. The summed E-state index contributed by atoms with van der Waals surface area (Å²) in [7, 11) is 4.02. The predicted molar refractivity (Wildman–Crippen MR) is 108 cm³/mol. The van der Waals surface area contributed by atoms with Crippen molar-refractivity contribution in [3.63, 3.8) is 0 Å². The summed E-state index contributed by atoms with van der Waals surface area (Å²) < 4.78 is 5.26. The van der Waals surface area contributed by atoms with Crippen molar-refractivity contribution in [1.29, 1.82) is 0 Å². The molecule has 1 amide bonds. The molecule has 0 bridgehead atoms. The van der Waals surface area contributed by atoms with Crippen molar-refractivity contribution in [3.05, 3.63) is 60.1 Å². The Kier molecular flexibility index (Phi) is 6.37. The second-order valence-electron chi connectivity index (χ2n) is 6.70. The van der Waals surface area contributed by atoms with Crippen LogP contribution in [0.15, 0.2) is 53.2 Å². The molecule has 28 heavy (non-hydrogen) atoms. The molecule has 0 aliphatic heterocycles. The van der Waals surface area contributed by atoms with Gasteiger partial charge >= 0.3 is 0 Å². The lowest BCUT2D eigenvalue weighted by molar-refractivity contribution is -0.131. The fraction of sp³-hybridized carbons (Fsp3) is 0.333. The Morgan fingerprint density at radius 1 is 1.11 bits per heavy atom. The first-order valence-corrected chi connectivity index (χ1v) is 9.35. The zero-order valence-corrected chi connectivity index (χ0v) is 16.5. The van der Waals surface area contributed by atoms with Crippen LogP contribution in [-0.4, -0.2) is 46.6 Å². The quantitative estimate of drug-likeness (QED) is 0.598. The van der Waals surface area contributed by atoms with Gasteiger partial charge in [0.15, 0.2) is 0 Å². The van der Waals surface area contributed by atoms with Crippen LogP contribution in [0.2, 0.25) is 0 Å². The van der Waals surface area contributed by atoms with E-state index in [1.165, 1.54) is 0 Å². The third-order valence-corrected chi connectivity index (χ3v) is 4.48. The van der Waals surface area contributed by atoms with Crippen LogP contribution in [0, 0.1) is 0 Å². The maximum absolute atomic E-state index is 12.6. The summed E-state index contributed by atoms with van der Waals surface area (Å²) >= 11 is 0. The summed E-state index contributed by atoms with van der Waals surface area (Å²) in [5, 5.41) is 3.94. The van der Waals surface area contributed by atoms with Crippen LogP contribution in [-0.2, 0) is 17.8 Å². The molecule has 0 saturated carbocycles. The van der Waals surface area contributed by atoms with Gasteiger partial charge < -0.3 is 14.3 Å². The van der Waals surface area contributed by atoms with Crippen LogP contribution in [0.4, 0.5) is 5.69 Å². The Hall–Kier alpha value is -3.22. The topological polar surface area (TPSA) is 75.4 Å². The molecule has 0 aliphatic rings. The third kappa shape index (κ3) is 4.94. The van der Waals surface area contributed by atoms with Gasteiger partial charge in [0.2, 0.25) is 17.6 Å².